The van der Waals surface area contributed by atoms with Crippen molar-refractivity contribution in [3.63, 3.8) is 0 Å². The lowest BCUT2D eigenvalue weighted by molar-refractivity contribution is 0.491. The molecule has 3 heterocycles. The van der Waals surface area contributed by atoms with Crippen molar-refractivity contribution in [1.82, 2.24) is 9.29 Å². The van der Waals surface area contributed by atoms with Crippen molar-refractivity contribution in [1.29, 1.82) is 0 Å². The minimum absolute atomic E-state index is 0.497. The third-order valence-electron chi connectivity index (χ3n) is 4.43. The number of hydrogen-bond acceptors (Lipinski definition) is 1. The van der Waals surface area contributed by atoms with Gasteiger partial charge in [-0.15, -0.1) is 0 Å². The lowest BCUT2D eigenvalue weighted by atomic mass is 9.97. The Kier molecular flexibility index (Phi) is 2.48. The van der Waals surface area contributed by atoms with Gasteiger partial charge in [-0.1, -0.05) is 6.92 Å². The molecule has 1 unspecified atom stereocenters. The second kappa shape index (κ2) is 3.81. The van der Waals surface area contributed by atoms with Gasteiger partial charge >= 0.3 is 7.55 Å². The van der Waals surface area contributed by atoms with E-state index in [-0.39, 0.29) is 0 Å². The SMILES string of the molecule is CCC1=C(C)C2=Cc3c(C)cc(C)n3[B]N2C1C. The molecule has 3 rings (SSSR count). The zero-order valence-electron chi connectivity index (χ0n) is 11.9. The summed E-state index contributed by atoms with van der Waals surface area (Å²) in [4.78, 5) is 2.41. The second-order valence-corrected chi connectivity index (χ2v) is 5.46. The lowest BCUT2D eigenvalue weighted by Gasteiger charge is -2.31. The maximum atomic E-state index is 2.41. The molecule has 93 valence electrons. The zero-order valence-corrected chi connectivity index (χ0v) is 11.9. The highest BCUT2D eigenvalue weighted by atomic mass is 15.2. The number of hydrogen-bond donors (Lipinski definition) is 0. The van der Waals surface area contributed by atoms with Gasteiger partial charge in [0.1, 0.15) is 0 Å². The highest BCUT2D eigenvalue weighted by Crippen LogP contribution is 2.38. The lowest BCUT2D eigenvalue weighted by Crippen LogP contribution is -2.39. The summed E-state index contributed by atoms with van der Waals surface area (Å²) in [6, 6.07) is 2.76. The van der Waals surface area contributed by atoms with Crippen LogP contribution < -0.4 is 0 Å². The van der Waals surface area contributed by atoms with Crippen molar-refractivity contribution in [2.24, 2.45) is 0 Å². The van der Waals surface area contributed by atoms with Crippen LogP contribution in [0.2, 0.25) is 0 Å². The topological polar surface area (TPSA) is 8.17 Å². The van der Waals surface area contributed by atoms with E-state index in [2.05, 4.69) is 63.6 Å². The van der Waals surface area contributed by atoms with Gasteiger partial charge in [-0.2, -0.15) is 0 Å². The predicted octanol–water partition coefficient (Wildman–Crippen LogP) is 3.27. The van der Waals surface area contributed by atoms with Gasteiger partial charge in [0.15, 0.2) is 0 Å². The van der Waals surface area contributed by atoms with E-state index < -0.39 is 0 Å². The Morgan fingerprint density at radius 3 is 2.67 bits per heavy atom. The van der Waals surface area contributed by atoms with E-state index in [1.165, 1.54) is 28.2 Å². The third-order valence-corrected chi connectivity index (χ3v) is 4.43. The van der Waals surface area contributed by atoms with Crippen LogP contribution in [0.4, 0.5) is 0 Å². The molecule has 0 amide bonds. The number of nitrogens with zero attached hydrogens (tertiary/aromatic N) is 2. The molecule has 18 heavy (non-hydrogen) atoms. The van der Waals surface area contributed by atoms with Gasteiger partial charge in [-0.25, -0.2) is 0 Å². The van der Waals surface area contributed by atoms with Crippen molar-refractivity contribution >= 4 is 13.6 Å². The van der Waals surface area contributed by atoms with Crippen LogP contribution in [0.5, 0.6) is 0 Å². The minimum atomic E-state index is 0.497. The van der Waals surface area contributed by atoms with E-state index in [1.807, 2.05) is 0 Å². The molecule has 0 saturated heterocycles. The third kappa shape index (κ3) is 1.36. The summed E-state index contributed by atoms with van der Waals surface area (Å²) in [6.45, 7) is 11.2. The van der Waals surface area contributed by atoms with Gasteiger partial charge in [0, 0.05) is 23.1 Å². The molecule has 0 aromatic carbocycles. The molecule has 1 radical (unpaired) electrons. The first-order valence-electron chi connectivity index (χ1n) is 6.78. The quantitative estimate of drug-likeness (QED) is 0.683. The average Bonchev–Trinajstić information content (AvgIpc) is 2.75. The monoisotopic (exact) mass is 239 g/mol. The standard InChI is InChI=1S/C15H20BN2/c1-6-13-11(4)15-8-14-9(2)7-10(3)17(14)16-18(15)12(13)5/h7-8,12H,6H2,1-5H3. The molecule has 0 bridgehead atoms. The van der Waals surface area contributed by atoms with E-state index in [1.54, 1.807) is 5.57 Å². The highest BCUT2D eigenvalue weighted by molar-refractivity contribution is 6.33. The van der Waals surface area contributed by atoms with Crippen LogP contribution in [0, 0.1) is 13.8 Å². The summed E-state index contributed by atoms with van der Waals surface area (Å²) < 4.78 is 2.31. The summed E-state index contributed by atoms with van der Waals surface area (Å²) in [5, 5.41) is 0. The van der Waals surface area contributed by atoms with E-state index in [9.17, 15) is 0 Å². The van der Waals surface area contributed by atoms with Gasteiger partial charge in [-0.05, 0) is 63.0 Å². The van der Waals surface area contributed by atoms with E-state index in [0.29, 0.717) is 6.04 Å². The average molecular weight is 239 g/mol. The molecule has 1 aromatic heterocycles. The van der Waals surface area contributed by atoms with Crippen molar-refractivity contribution < 1.29 is 0 Å². The molecule has 2 aliphatic rings. The van der Waals surface area contributed by atoms with Crippen molar-refractivity contribution in [2.45, 2.75) is 47.1 Å². The maximum Gasteiger partial charge on any atom is 0.396 e. The van der Waals surface area contributed by atoms with Gasteiger partial charge < -0.3 is 9.29 Å². The molecular weight excluding hydrogens is 219 g/mol. The fraction of sp³-hybridized carbons (Fsp3) is 0.467. The van der Waals surface area contributed by atoms with Gasteiger partial charge in [0.25, 0.3) is 0 Å². The summed E-state index contributed by atoms with van der Waals surface area (Å²) in [5.74, 6) is 0. The molecule has 0 spiro atoms. The van der Waals surface area contributed by atoms with Gasteiger partial charge in [0.2, 0.25) is 0 Å². The van der Waals surface area contributed by atoms with Crippen LogP contribution in [0.1, 0.15) is 44.1 Å². The van der Waals surface area contributed by atoms with E-state index in [4.69, 9.17) is 0 Å². The smallest absolute Gasteiger partial charge is 0.392 e. The van der Waals surface area contributed by atoms with Gasteiger partial charge in [-0.3, -0.25) is 0 Å². The van der Waals surface area contributed by atoms with Crippen molar-refractivity contribution in [2.75, 3.05) is 0 Å². The largest absolute Gasteiger partial charge is 0.396 e. The predicted molar refractivity (Wildman–Crippen MR) is 77.3 cm³/mol. The Morgan fingerprint density at radius 2 is 2.00 bits per heavy atom. The fourth-order valence-corrected chi connectivity index (χ4v) is 3.38. The summed E-state index contributed by atoms with van der Waals surface area (Å²) in [6.07, 6.45) is 3.48. The Labute approximate surface area is 110 Å². The van der Waals surface area contributed by atoms with Gasteiger partial charge in [0.05, 0.1) is 0 Å². The van der Waals surface area contributed by atoms with Crippen LogP contribution in [0.3, 0.4) is 0 Å². The number of aryl methyl sites for hydroxylation is 2. The number of rotatable bonds is 1. The van der Waals surface area contributed by atoms with Crippen LogP contribution in [0.15, 0.2) is 22.9 Å². The Hall–Kier alpha value is -1.38. The zero-order chi connectivity index (χ0) is 13.0. The van der Waals surface area contributed by atoms with Crippen molar-refractivity contribution in [3.05, 3.63) is 39.9 Å². The van der Waals surface area contributed by atoms with Crippen LogP contribution in [0.25, 0.3) is 6.08 Å². The maximum absolute atomic E-state index is 2.41. The Morgan fingerprint density at radius 1 is 1.28 bits per heavy atom. The first-order valence-corrected chi connectivity index (χ1v) is 6.78. The molecular formula is C15H20BN2. The number of allylic oxidation sites excluding steroid dienone is 1. The van der Waals surface area contributed by atoms with E-state index >= 15 is 0 Å². The Balaban J connectivity index is 2.15. The molecule has 1 aromatic rings. The van der Waals surface area contributed by atoms with Crippen LogP contribution >= 0.6 is 0 Å². The second-order valence-electron chi connectivity index (χ2n) is 5.46. The molecule has 0 fully saturated rings. The molecule has 3 heteroatoms. The molecule has 1 atom stereocenters. The summed E-state index contributed by atoms with van der Waals surface area (Å²) in [7, 11) is 2.27. The molecule has 0 N–H and O–H groups in total. The fourth-order valence-electron chi connectivity index (χ4n) is 3.38. The molecule has 0 saturated carbocycles. The number of aromatic nitrogens is 1. The van der Waals surface area contributed by atoms with E-state index in [0.717, 1.165) is 6.42 Å². The Bertz CT molecular complexity index is 578. The van der Waals surface area contributed by atoms with Crippen molar-refractivity contribution in [3.8, 4) is 0 Å². The minimum Gasteiger partial charge on any atom is -0.392 e. The first-order chi connectivity index (χ1) is 8.54. The molecule has 2 nitrogen and oxygen atoms in total. The van der Waals surface area contributed by atoms with Crippen LogP contribution in [-0.4, -0.2) is 22.9 Å². The molecule has 2 aliphatic heterocycles. The first kappa shape index (κ1) is 11.7. The highest BCUT2D eigenvalue weighted by Gasteiger charge is 2.34. The summed E-state index contributed by atoms with van der Waals surface area (Å²) >= 11 is 0. The normalized spacial score (nSPS) is 21.7. The summed E-state index contributed by atoms with van der Waals surface area (Å²) in [5.41, 5.74) is 8.42. The van der Waals surface area contributed by atoms with Crippen LogP contribution in [-0.2, 0) is 0 Å². The number of fused-ring (bicyclic) bond motifs is 2. The molecule has 0 aliphatic carbocycles.